The van der Waals surface area contributed by atoms with Gasteiger partial charge in [-0.3, -0.25) is 0 Å². The number of pyridine rings is 1. The number of nitrogens with zero attached hydrogens (tertiary/aromatic N) is 2. The number of fused-ring (bicyclic) bond motifs is 1. The third kappa shape index (κ3) is 3.44. The minimum absolute atomic E-state index is 0.195. The molecule has 3 rings (SSSR count). The van der Waals surface area contributed by atoms with Crippen molar-refractivity contribution in [3.63, 3.8) is 0 Å². The Kier molecular flexibility index (Phi) is 5.01. The van der Waals surface area contributed by atoms with Crippen LogP contribution in [-0.2, 0) is 12.8 Å². The summed E-state index contributed by atoms with van der Waals surface area (Å²) in [6.45, 7) is 6.82. The maximum Gasteiger partial charge on any atom is 0.161 e. The fraction of sp³-hybridized carbons (Fsp3) is 0.455. The molecule has 0 bridgehead atoms. The quantitative estimate of drug-likeness (QED) is 0.873. The Morgan fingerprint density at radius 3 is 2.48 bits per heavy atom. The average Bonchev–Trinajstić information content (AvgIpc) is 2.65. The second kappa shape index (κ2) is 7.11. The summed E-state index contributed by atoms with van der Waals surface area (Å²) in [5.74, 6) is 2.12. The molecule has 1 aliphatic rings. The minimum Gasteiger partial charge on any atom is -0.493 e. The van der Waals surface area contributed by atoms with Crippen molar-refractivity contribution in [3.05, 3.63) is 35.0 Å². The van der Waals surface area contributed by atoms with Crippen molar-refractivity contribution in [2.24, 2.45) is 11.3 Å². The smallest absolute Gasteiger partial charge is 0.161 e. The van der Waals surface area contributed by atoms with E-state index in [0.29, 0.717) is 28.8 Å². The van der Waals surface area contributed by atoms with E-state index in [9.17, 15) is 5.26 Å². The Morgan fingerprint density at radius 1 is 1.19 bits per heavy atom. The fourth-order valence-electron chi connectivity index (χ4n) is 3.94. The van der Waals surface area contributed by atoms with Crippen LogP contribution in [0.5, 0.6) is 11.5 Å². The number of hydrogen-bond acceptors (Lipinski definition) is 5. The molecule has 0 radical (unpaired) electrons. The van der Waals surface area contributed by atoms with E-state index in [1.165, 1.54) is 0 Å². The molecule has 27 heavy (non-hydrogen) atoms. The molecule has 0 fully saturated rings. The first-order valence-corrected chi connectivity index (χ1v) is 9.23. The third-order valence-corrected chi connectivity index (χ3v) is 5.60. The number of methoxy groups -OCH3 is 2. The number of nitriles is 1. The molecule has 0 saturated heterocycles. The molecule has 0 amide bonds. The lowest BCUT2D eigenvalue weighted by Crippen LogP contribution is -2.28. The lowest BCUT2D eigenvalue weighted by molar-refractivity contribution is 0.215. The van der Waals surface area contributed by atoms with Crippen molar-refractivity contribution < 1.29 is 9.47 Å². The number of aromatic nitrogens is 1. The molecule has 0 spiro atoms. The molecule has 2 aromatic rings. The number of hydrogen-bond donors (Lipinski definition) is 1. The molecule has 1 atom stereocenters. The summed E-state index contributed by atoms with van der Waals surface area (Å²) in [5.41, 5.74) is 10.7. The van der Waals surface area contributed by atoms with Gasteiger partial charge in [0.15, 0.2) is 11.5 Å². The molecule has 5 nitrogen and oxygen atoms in total. The molecule has 1 heterocycles. The second-order valence-electron chi connectivity index (χ2n) is 8.16. The van der Waals surface area contributed by atoms with E-state index in [2.05, 4.69) is 31.8 Å². The van der Waals surface area contributed by atoms with Crippen molar-refractivity contribution in [2.75, 3.05) is 20.0 Å². The van der Waals surface area contributed by atoms with Crippen molar-refractivity contribution in [1.29, 1.82) is 5.26 Å². The van der Waals surface area contributed by atoms with Gasteiger partial charge in [0, 0.05) is 11.3 Å². The van der Waals surface area contributed by atoms with E-state index in [0.717, 1.165) is 41.6 Å². The lowest BCUT2D eigenvalue weighted by Gasteiger charge is -2.35. The van der Waals surface area contributed by atoms with Gasteiger partial charge in [-0.25, -0.2) is 4.98 Å². The number of anilines is 1. The van der Waals surface area contributed by atoms with Gasteiger partial charge in [0.1, 0.15) is 17.5 Å². The number of benzene rings is 1. The Bertz CT molecular complexity index is 907. The predicted octanol–water partition coefficient (Wildman–Crippen LogP) is 4.37. The molecule has 1 aliphatic carbocycles. The lowest BCUT2D eigenvalue weighted by atomic mass is 9.70. The Labute approximate surface area is 161 Å². The van der Waals surface area contributed by atoms with E-state index in [1.807, 2.05) is 18.2 Å². The maximum absolute atomic E-state index is 9.79. The molecule has 0 saturated carbocycles. The van der Waals surface area contributed by atoms with E-state index in [1.54, 1.807) is 14.2 Å². The van der Waals surface area contributed by atoms with E-state index >= 15 is 0 Å². The summed E-state index contributed by atoms with van der Waals surface area (Å²) in [5, 5.41) is 9.79. The van der Waals surface area contributed by atoms with Gasteiger partial charge in [-0.2, -0.15) is 5.26 Å². The van der Waals surface area contributed by atoms with Gasteiger partial charge in [0.2, 0.25) is 0 Å². The molecule has 0 unspecified atom stereocenters. The van der Waals surface area contributed by atoms with E-state index in [4.69, 9.17) is 15.2 Å². The van der Waals surface area contributed by atoms with Crippen molar-refractivity contribution in [1.82, 2.24) is 4.98 Å². The number of nitrogen functional groups attached to an aromatic ring is 1. The summed E-state index contributed by atoms with van der Waals surface area (Å²) >= 11 is 0. The number of rotatable bonds is 3. The Hall–Kier alpha value is -2.74. The summed E-state index contributed by atoms with van der Waals surface area (Å²) < 4.78 is 10.8. The first kappa shape index (κ1) is 19.0. The van der Waals surface area contributed by atoms with Crippen molar-refractivity contribution >= 4 is 5.82 Å². The highest BCUT2D eigenvalue weighted by Crippen LogP contribution is 2.43. The number of aryl methyl sites for hydroxylation is 1. The normalized spacial score (nSPS) is 16.4. The first-order valence-electron chi connectivity index (χ1n) is 9.23. The molecule has 142 valence electrons. The molecule has 2 N–H and O–H groups in total. The SMILES string of the molecule is COc1ccc(-c2c(C#N)c(N)nc3c2C[C@H](C(C)(C)C)CC3)cc1OC. The highest BCUT2D eigenvalue weighted by atomic mass is 16.5. The molecular formula is C22H27N3O2. The highest BCUT2D eigenvalue weighted by Gasteiger charge is 2.32. The largest absolute Gasteiger partial charge is 0.493 e. The fourth-order valence-corrected chi connectivity index (χ4v) is 3.94. The number of ether oxygens (including phenoxy) is 2. The molecule has 5 heteroatoms. The zero-order valence-corrected chi connectivity index (χ0v) is 16.7. The van der Waals surface area contributed by atoms with Crippen LogP contribution in [0.15, 0.2) is 18.2 Å². The molecule has 0 aliphatic heterocycles. The summed E-state index contributed by atoms with van der Waals surface area (Å²) in [7, 11) is 3.22. The van der Waals surface area contributed by atoms with Crippen molar-refractivity contribution in [2.45, 2.75) is 40.0 Å². The van der Waals surface area contributed by atoms with E-state index < -0.39 is 0 Å². The maximum atomic E-state index is 9.79. The summed E-state index contributed by atoms with van der Waals surface area (Å²) in [6, 6.07) is 8.00. The van der Waals surface area contributed by atoms with Gasteiger partial charge in [0.25, 0.3) is 0 Å². The Morgan fingerprint density at radius 2 is 1.89 bits per heavy atom. The van der Waals surface area contributed by atoms with E-state index in [-0.39, 0.29) is 5.41 Å². The van der Waals surface area contributed by atoms with Crippen LogP contribution >= 0.6 is 0 Å². The van der Waals surface area contributed by atoms with Crippen LogP contribution in [0.4, 0.5) is 5.82 Å². The highest BCUT2D eigenvalue weighted by molar-refractivity contribution is 5.80. The molecular weight excluding hydrogens is 338 g/mol. The van der Waals surface area contributed by atoms with Gasteiger partial charge in [-0.15, -0.1) is 0 Å². The van der Waals surface area contributed by atoms with Crippen LogP contribution in [0.2, 0.25) is 0 Å². The van der Waals surface area contributed by atoms with Gasteiger partial charge < -0.3 is 15.2 Å². The zero-order valence-electron chi connectivity index (χ0n) is 16.7. The summed E-state index contributed by atoms with van der Waals surface area (Å²) in [6.07, 6.45) is 2.86. The van der Waals surface area contributed by atoms with Crippen LogP contribution in [0.3, 0.4) is 0 Å². The zero-order chi connectivity index (χ0) is 19.8. The van der Waals surface area contributed by atoms with Crippen LogP contribution in [0, 0.1) is 22.7 Å². The van der Waals surface area contributed by atoms with Gasteiger partial charge in [-0.1, -0.05) is 26.8 Å². The van der Waals surface area contributed by atoms with Gasteiger partial charge in [0.05, 0.1) is 14.2 Å². The number of nitrogens with two attached hydrogens (primary N) is 1. The van der Waals surface area contributed by atoms with Crippen LogP contribution < -0.4 is 15.2 Å². The first-order chi connectivity index (χ1) is 12.8. The molecule has 1 aromatic heterocycles. The minimum atomic E-state index is 0.195. The second-order valence-corrected chi connectivity index (χ2v) is 8.16. The average molecular weight is 365 g/mol. The van der Waals surface area contributed by atoms with Crippen LogP contribution in [-0.4, -0.2) is 19.2 Å². The topological polar surface area (TPSA) is 81.2 Å². The predicted molar refractivity (Wildman–Crippen MR) is 107 cm³/mol. The van der Waals surface area contributed by atoms with Crippen LogP contribution in [0.1, 0.15) is 44.0 Å². The van der Waals surface area contributed by atoms with Crippen molar-refractivity contribution in [3.8, 4) is 28.7 Å². The van der Waals surface area contributed by atoms with Gasteiger partial charge >= 0.3 is 0 Å². The standard InChI is InChI=1S/C22H27N3O2/c1-22(2,3)14-7-8-17-15(11-14)20(16(12-23)21(24)25-17)13-6-9-18(26-4)19(10-13)27-5/h6,9-10,14H,7-8,11H2,1-5H3,(H2,24,25)/t14-/m1/s1. The monoisotopic (exact) mass is 365 g/mol. The molecule has 1 aromatic carbocycles. The summed E-state index contributed by atoms with van der Waals surface area (Å²) in [4.78, 5) is 4.56. The van der Waals surface area contributed by atoms with Crippen LogP contribution in [0.25, 0.3) is 11.1 Å². The third-order valence-electron chi connectivity index (χ3n) is 5.60. The van der Waals surface area contributed by atoms with Gasteiger partial charge in [-0.05, 0) is 53.9 Å². The Balaban J connectivity index is 2.23.